The van der Waals surface area contributed by atoms with E-state index in [1.54, 1.807) is 18.2 Å². The number of hydrogen-bond donors (Lipinski definition) is 2. The third-order valence-electron chi connectivity index (χ3n) is 1.97. The summed E-state index contributed by atoms with van der Waals surface area (Å²) in [6.45, 7) is 0.0524. The number of aromatic hydroxyl groups is 1. The maximum atomic E-state index is 11.8. The number of para-hydroxylation sites is 1. The van der Waals surface area contributed by atoms with Crippen molar-refractivity contribution in [3.63, 3.8) is 0 Å². The van der Waals surface area contributed by atoms with E-state index in [0.29, 0.717) is 10.0 Å². The molecule has 2 N–H and O–H groups in total. The summed E-state index contributed by atoms with van der Waals surface area (Å²) >= 11 is 3.13. The smallest absolute Gasteiger partial charge is 0.390 e. The summed E-state index contributed by atoms with van der Waals surface area (Å²) in [5.41, 5.74) is 0.566. The minimum atomic E-state index is -4.15. The van der Waals surface area contributed by atoms with Crippen LogP contribution in [0.2, 0.25) is 0 Å². The molecule has 0 heterocycles. The molecule has 1 rings (SSSR count). The predicted octanol–water partition coefficient (Wildman–Crippen LogP) is 3.20. The number of halogens is 4. The molecule has 0 aromatic heterocycles. The van der Waals surface area contributed by atoms with Crippen molar-refractivity contribution in [2.24, 2.45) is 0 Å². The molecule has 2 nitrogen and oxygen atoms in total. The van der Waals surface area contributed by atoms with Crippen LogP contribution < -0.4 is 5.32 Å². The normalized spacial score (nSPS) is 11.8. The highest BCUT2D eigenvalue weighted by atomic mass is 79.9. The Labute approximate surface area is 99.6 Å². The van der Waals surface area contributed by atoms with Crippen molar-refractivity contribution >= 4 is 15.9 Å². The second-order valence-corrected chi connectivity index (χ2v) is 4.14. The van der Waals surface area contributed by atoms with Crippen LogP contribution in [0.1, 0.15) is 12.0 Å². The van der Waals surface area contributed by atoms with E-state index in [2.05, 4.69) is 21.2 Å². The van der Waals surface area contributed by atoms with Crippen molar-refractivity contribution in [3.8, 4) is 5.75 Å². The van der Waals surface area contributed by atoms with Crippen LogP contribution in [0, 0.1) is 0 Å². The quantitative estimate of drug-likeness (QED) is 0.837. The SMILES string of the molecule is Oc1c(Br)cccc1CNCCC(F)(F)F. The molecule has 1 aromatic rings. The fourth-order valence-corrected chi connectivity index (χ4v) is 1.56. The lowest BCUT2D eigenvalue weighted by Gasteiger charge is -2.09. The molecule has 1 aromatic carbocycles. The third kappa shape index (κ3) is 4.40. The van der Waals surface area contributed by atoms with E-state index in [9.17, 15) is 18.3 Å². The molecule has 0 aliphatic heterocycles. The second kappa shape index (κ2) is 5.54. The van der Waals surface area contributed by atoms with Gasteiger partial charge in [-0.15, -0.1) is 0 Å². The highest BCUT2D eigenvalue weighted by Gasteiger charge is 2.25. The molecule has 90 valence electrons. The van der Waals surface area contributed by atoms with Crippen LogP contribution in [0.5, 0.6) is 5.75 Å². The third-order valence-corrected chi connectivity index (χ3v) is 2.61. The summed E-state index contributed by atoms with van der Waals surface area (Å²) in [6.07, 6.45) is -5.02. The lowest BCUT2D eigenvalue weighted by molar-refractivity contribution is -0.133. The van der Waals surface area contributed by atoms with E-state index in [0.717, 1.165) is 0 Å². The molecule has 0 fully saturated rings. The molecule has 0 spiro atoms. The van der Waals surface area contributed by atoms with E-state index >= 15 is 0 Å². The van der Waals surface area contributed by atoms with Gasteiger partial charge in [0.05, 0.1) is 10.9 Å². The summed E-state index contributed by atoms with van der Waals surface area (Å²) in [4.78, 5) is 0. The van der Waals surface area contributed by atoms with Crippen LogP contribution in [0.25, 0.3) is 0 Å². The number of hydrogen-bond acceptors (Lipinski definition) is 2. The molecular formula is C10H11BrF3NO. The van der Waals surface area contributed by atoms with E-state index in [-0.39, 0.29) is 18.8 Å². The molecule has 0 radical (unpaired) electrons. The highest BCUT2D eigenvalue weighted by Crippen LogP contribution is 2.27. The first-order chi connectivity index (χ1) is 7.40. The largest absolute Gasteiger partial charge is 0.506 e. The fourth-order valence-electron chi connectivity index (χ4n) is 1.16. The summed E-state index contributed by atoms with van der Waals surface area (Å²) in [7, 11) is 0. The monoisotopic (exact) mass is 297 g/mol. The van der Waals surface area contributed by atoms with Gasteiger partial charge in [-0.1, -0.05) is 12.1 Å². The number of benzene rings is 1. The van der Waals surface area contributed by atoms with Crippen LogP contribution in [0.4, 0.5) is 13.2 Å². The molecule has 0 amide bonds. The lowest BCUT2D eigenvalue weighted by Crippen LogP contribution is -2.21. The Kier molecular flexibility index (Phi) is 4.61. The van der Waals surface area contributed by atoms with Gasteiger partial charge in [-0.25, -0.2) is 0 Å². The van der Waals surface area contributed by atoms with Gasteiger partial charge in [-0.2, -0.15) is 13.2 Å². The summed E-state index contributed by atoms with van der Waals surface area (Å²) in [6, 6.07) is 5.03. The van der Waals surface area contributed by atoms with Crippen LogP contribution in [-0.4, -0.2) is 17.8 Å². The molecule has 0 aliphatic rings. The Morgan fingerprint density at radius 3 is 2.62 bits per heavy atom. The van der Waals surface area contributed by atoms with Gasteiger partial charge in [0.25, 0.3) is 0 Å². The molecule has 0 bridgehead atoms. The minimum absolute atomic E-state index is 0.0574. The Balaban J connectivity index is 2.41. The van der Waals surface area contributed by atoms with Crippen molar-refractivity contribution in [1.82, 2.24) is 5.32 Å². The van der Waals surface area contributed by atoms with Gasteiger partial charge in [0.15, 0.2) is 0 Å². The topological polar surface area (TPSA) is 32.3 Å². The van der Waals surface area contributed by atoms with Gasteiger partial charge < -0.3 is 10.4 Å². The average Bonchev–Trinajstić information content (AvgIpc) is 2.17. The molecule has 0 atom stereocenters. The predicted molar refractivity (Wildman–Crippen MR) is 58.2 cm³/mol. The van der Waals surface area contributed by atoms with Gasteiger partial charge in [0, 0.05) is 18.7 Å². The molecule has 0 aliphatic carbocycles. The van der Waals surface area contributed by atoms with Gasteiger partial charge >= 0.3 is 6.18 Å². The van der Waals surface area contributed by atoms with Gasteiger partial charge in [0.2, 0.25) is 0 Å². The zero-order chi connectivity index (χ0) is 12.2. The zero-order valence-corrected chi connectivity index (χ0v) is 9.90. The first-order valence-electron chi connectivity index (χ1n) is 4.64. The van der Waals surface area contributed by atoms with Crippen LogP contribution in [0.3, 0.4) is 0 Å². The van der Waals surface area contributed by atoms with Crippen molar-refractivity contribution in [1.29, 1.82) is 0 Å². The second-order valence-electron chi connectivity index (χ2n) is 3.29. The van der Waals surface area contributed by atoms with Gasteiger partial charge in [-0.05, 0) is 22.0 Å². The Hall–Kier alpha value is -0.750. The molecule has 0 saturated heterocycles. The van der Waals surface area contributed by atoms with Crippen LogP contribution >= 0.6 is 15.9 Å². The standard InChI is InChI=1S/C10H11BrF3NO/c11-8-3-1-2-7(9(8)16)6-15-5-4-10(12,13)14/h1-3,15-16H,4-6H2. The van der Waals surface area contributed by atoms with Crippen LogP contribution in [-0.2, 0) is 6.54 Å². The average molecular weight is 298 g/mol. The lowest BCUT2D eigenvalue weighted by atomic mass is 10.2. The van der Waals surface area contributed by atoms with Crippen molar-refractivity contribution in [2.45, 2.75) is 19.1 Å². The van der Waals surface area contributed by atoms with Crippen molar-refractivity contribution < 1.29 is 18.3 Å². The van der Waals surface area contributed by atoms with Crippen molar-refractivity contribution in [2.75, 3.05) is 6.54 Å². The minimum Gasteiger partial charge on any atom is -0.506 e. The molecular weight excluding hydrogens is 287 g/mol. The number of nitrogens with one attached hydrogen (secondary N) is 1. The zero-order valence-electron chi connectivity index (χ0n) is 8.31. The van der Waals surface area contributed by atoms with Gasteiger partial charge in [-0.3, -0.25) is 0 Å². The Bertz CT molecular complexity index is 354. The molecule has 16 heavy (non-hydrogen) atoms. The van der Waals surface area contributed by atoms with Crippen LogP contribution in [0.15, 0.2) is 22.7 Å². The highest BCUT2D eigenvalue weighted by molar-refractivity contribution is 9.10. The van der Waals surface area contributed by atoms with E-state index in [4.69, 9.17) is 0 Å². The molecule has 6 heteroatoms. The molecule has 0 saturated carbocycles. The van der Waals surface area contributed by atoms with E-state index < -0.39 is 12.6 Å². The first kappa shape index (κ1) is 13.3. The number of rotatable bonds is 4. The van der Waals surface area contributed by atoms with E-state index in [1.165, 1.54) is 0 Å². The fraction of sp³-hybridized carbons (Fsp3) is 0.400. The van der Waals surface area contributed by atoms with E-state index in [1.807, 2.05) is 0 Å². The maximum absolute atomic E-state index is 11.8. The Morgan fingerprint density at radius 2 is 2.00 bits per heavy atom. The molecule has 0 unspecified atom stereocenters. The number of phenols is 1. The number of alkyl halides is 3. The Morgan fingerprint density at radius 1 is 1.31 bits per heavy atom. The van der Waals surface area contributed by atoms with Crippen molar-refractivity contribution in [3.05, 3.63) is 28.2 Å². The summed E-state index contributed by atoms with van der Waals surface area (Å²) in [5.74, 6) is 0.0574. The van der Waals surface area contributed by atoms with Gasteiger partial charge in [0.1, 0.15) is 5.75 Å². The summed E-state index contributed by atoms with van der Waals surface area (Å²) < 4.78 is 36.0. The maximum Gasteiger partial charge on any atom is 0.390 e. The first-order valence-corrected chi connectivity index (χ1v) is 5.43. The summed E-state index contributed by atoms with van der Waals surface area (Å²) in [5, 5.41) is 12.2. The number of phenolic OH excluding ortho intramolecular Hbond substituents is 1.